The highest BCUT2D eigenvalue weighted by atomic mass is 16.7. The number of rotatable bonds is 2. The van der Waals surface area contributed by atoms with Crippen molar-refractivity contribution in [1.29, 1.82) is 0 Å². The SMILES string of the molecule is Cn1cnnc1[C@@H]1CCCCN1C(=O)c1ccc2c(c1)OCO2. The first-order valence-electron chi connectivity index (χ1n) is 7.78. The van der Waals surface area contributed by atoms with Crippen molar-refractivity contribution in [2.24, 2.45) is 7.05 Å². The van der Waals surface area contributed by atoms with Gasteiger partial charge in [-0.1, -0.05) is 0 Å². The van der Waals surface area contributed by atoms with Gasteiger partial charge in [-0.05, 0) is 37.5 Å². The molecule has 0 bridgehead atoms. The fourth-order valence-corrected chi connectivity index (χ4v) is 3.23. The highest BCUT2D eigenvalue weighted by molar-refractivity contribution is 5.95. The lowest BCUT2D eigenvalue weighted by molar-refractivity contribution is 0.0595. The first kappa shape index (κ1) is 14.0. The van der Waals surface area contributed by atoms with E-state index in [1.54, 1.807) is 24.5 Å². The summed E-state index contributed by atoms with van der Waals surface area (Å²) in [6.45, 7) is 0.934. The molecule has 2 aromatic rings. The molecule has 23 heavy (non-hydrogen) atoms. The van der Waals surface area contributed by atoms with Crippen LogP contribution < -0.4 is 9.47 Å². The van der Waals surface area contributed by atoms with Gasteiger partial charge in [-0.3, -0.25) is 4.79 Å². The van der Waals surface area contributed by atoms with Crippen molar-refractivity contribution in [1.82, 2.24) is 19.7 Å². The van der Waals surface area contributed by atoms with Gasteiger partial charge in [0.25, 0.3) is 5.91 Å². The molecule has 0 unspecified atom stereocenters. The Hall–Kier alpha value is -2.57. The van der Waals surface area contributed by atoms with Crippen LogP contribution in [0.3, 0.4) is 0 Å². The van der Waals surface area contributed by atoms with Crippen molar-refractivity contribution < 1.29 is 14.3 Å². The number of benzene rings is 1. The van der Waals surface area contributed by atoms with Crippen molar-refractivity contribution in [3.63, 3.8) is 0 Å². The van der Waals surface area contributed by atoms with Gasteiger partial charge in [0.15, 0.2) is 17.3 Å². The third-order valence-electron chi connectivity index (χ3n) is 4.43. The summed E-state index contributed by atoms with van der Waals surface area (Å²) in [4.78, 5) is 14.9. The van der Waals surface area contributed by atoms with Gasteiger partial charge in [0.05, 0.1) is 6.04 Å². The van der Waals surface area contributed by atoms with Crippen molar-refractivity contribution in [3.05, 3.63) is 35.9 Å². The number of likely N-dealkylation sites (tertiary alicyclic amines) is 1. The standard InChI is InChI=1S/C16H18N4O3/c1-19-9-17-18-15(19)12-4-2-3-7-20(12)16(21)11-5-6-13-14(8-11)23-10-22-13/h5-6,8-9,12H,2-4,7,10H2,1H3/t12-/m0/s1. The first-order chi connectivity index (χ1) is 11.2. The van der Waals surface area contributed by atoms with E-state index in [1.807, 2.05) is 16.5 Å². The Kier molecular flexibility index (Phi) is 3.40. The molecule has 1 saturated heterocycles. The number of aryl methyl sites for hydroxylation is 1. The minimum absolute atomic E-state index is 0.00370. The van der Waals surface area contributed by atoms with E-state index in [4.69, 9.17) is 9.47 Å². The molecule has 1 atom stereocenters. The second kappa shape index (κ2) is 5.57. The molecule has 1 aromatic carbocycles. The molecule has 0 aliphatic carbocycles. The molecule has 0 radical (unpaired) electrons. The predicted molar refractivity (Wildman–Crippen MR) is 81.2 cm³/mol. The van der Waals surface area contributed by atoms with E-state index in [1.165, 1.54) is 0 Å². The fraction of sp³-hybridized carbons (Fsp3) is 0.438. The summed E-state index contributed by atoms with van der Waals surface area (Å²) in [5.74, 6) is 2.14. The summed E-state index contributed by atoms with van der Waals surface area (Å²) < 4.78 is 12.6. The van der Waals surface area contributed by atoms with Gasteiger partial charge >= 0.3 is 0 Å². The zero-order valence-electron chi connectivity index (χ0n) is 12.9. The number of ether oxygens (including phenoxy) is 2. The topological polar surface area (TPSA) is 69.5 Å². The molecule has 1 amide bonds. The van der Waals surface area contributed by atoms with E-state index in [0.29, 0.717) is 17.1 Å². The van der Waals surface area contributed by atoms with Crippen LogP contribution in [0.2, 0.25) is 0 Å². The van der Waals surface area contributed by atoms with Gasteiger partial charge in [0.2, 0.25) is 6.79 Å². The lowest BCUT2D eigenvalue weighted by Gasteiger charge is -2.35. The molecule has 0 spiro atoms. The van der Waals surface area contributed by atoms with Crippen molar-refractivity contribution in [2.75, 3.05) is 13.3 Å². The fourth-order valence-electron chi connectivity index (χ4n) is 3.23. The number of hydrogen-bond acceptors (Lipinski definition) is 5. The van der Waals surface area contributed by atoms with E-state index >= 15 is 0 Å². The van der Waals surface area contributed by atoms with Gasteiger partial charge in [0.1, 0.15) is 6.33 Å². The highest BCUT2D eigenvalue weighted by Crippen LogP contribution is 2.35. The lowest BCUT2D eigenvalue weighted by atomic mass is 10.00. The number of nitrogens with zero attached hydrogens (tertiary/aromatic N) is 4. The average Bonchev–Trinajstić information content (AvgIpc) is 3.22. The van der Waals surface area contributed by atoms with Crippen LogP contribution in [-0.2, 0) is 7.05 Å². The molecule has 4 rings (SSSR count). The minimum atomic E-state index is -0.0332. The lowest BCUT2D eigenvalue weighted by Crippen LogP contribution is -2.39. The molecule has 2 aliphatic rings. The van der Waals surface area contributed by atoms with Crippen LogP contribution in [0.5, 0.6) is 11.5 Å². The Balaban J connectivity index is 1.64. The van der Waals surface area contributed by atoms with E-state index in [-0.39, 0.29) is 18.7 Å². The number of piperidine rings is 1. The smallest absolute Gasteiger partial charge is 0.254 e. The monoisotopic (exact) mass is 314 g/mol. The van der Waals surface area contributed by atoms with Crippen LogP contribution >= 0.6 is 0 Å². The normalized spacial score (nSPS) is 19.9. The molecule has 120 valence electrons. The molecule has 1 fully saturated rings. The van der Waals surface area contributed by atoms with Crippen LogP contribution in [-0.4, -0.2) is 38.9 Å². The molecular weight excluding hydrogens is 296 g/mol. The zero-order chi connectivity index (χ0) is 15.8. The second-order valence-corrected chi connectivity index (χ2v) is 5.88. The van der Waals surface area contributed by atoms with Crippen LogP contribution in [0.4, 0.5) is 0 Å². The largest absolute Gasteiger partial charge is 0.454 e. The van der Waals surface area contributed by atoms with E-state index in [0.717, 1.165) is 31.6 Å². The predicted octanol–water partition coefficient (Wildman–Crippen LogP) is 1.91. The molecule has 3 heterocycles. The van der Waals surface area contributed by atoms with Crippen LogP contribution in [0, 0.1) is 0 Å². The van der Waals surface area contributed by atoms with Gasteiger partial charge in [0, 0.05) is 19.2 Å². The third-order valence-corrected chi connectivity index (χ3v) is 4.43. The van der Waals surface area contributed by atoms with E-state index in [2.05, 4.69) is 10.2 Å². The van der Waals surface area contributed by atoms with Crippen LogP contribution in [0.15, 0.2) is 24.5 Å². The summed E-state index contributed by atoms with van der Waals surface area (Å²) in [6, 6.07) is 5.30. The maximum atomic E-state index is 13.0. The Morgan fingerprint density at radius 2 is 2.13 bits per heavy atom. The quantitative estimate of drug-likeness (QED) is 0.847. The Labute approximate surface area is 133 Å². The summed E-state index contributed by atoms with van der Waals surface area (Å²) in [7, 11) is 1.91. The molecular formula is C16H18N4O3. The highest BCUT2D eigenvalue weighted by Gasteiger charge is 2.32. The molecule has 7 heteroatoms. The molecule has 2 aliphatic heterocycles. The van der Waals surface area contributed by atoms with E-state index in [9.17, 15) is 4.79 Å². The molecule has 1 aromatic heterocycles. The maximum absolute atomic E-state index is 13.0. The number of hydrogen-bond donors (Lipinski definition) is 0. The number of amides is 1. The molecule has 0 N–H and O–H groups in total. The zero-order valence-corrected chi connectivity index (χ0v) is 12.9. The Morgan fingerprint density at radius 3 is 2.96 bits per heavy atom. The van der Waals surface area contributed by atoms with E-state index < -0.39 is 0 Å². The molecule has 0 saturated carbocycles. The minimum Gasteiger partial charge on any atom is -0.454 e. The van der Waals surface area contributed by atoms with Gasteiger partial charge in [-0.25, -0.2) is 0 Å². The van der Waals surface area contributed by atoms with Crippen LogP contribution in [0.1, 0.15) is 41.5 Å². The van der Waals surface area contributed by atoms with Crippen LogP contribution in [0.25, 0.3) is 0 Å². The maximum Gasteiger partial charge on any atom is 0.254 e. The van der Waals surface area contributed by atoms with Crippen molar-refractivity contribution in [3.8, 4) is 11.5 Å². The third kappa shape index (κ3) is 2.42. The summed E-state index contributed by atoms with van der Waals surface area (Å²) in [6.07, 6.45) is 4.67. The number of fused-ring (bicyclic) bond motifs is 1. The number of carbonyl (C=O) groups excluding carboxylic acids is 1. The average molecular weight is 314 g/mol. The van der Waals surface area contributed by atoms with Crippen molar-refractivity contribution in [2.45, 2.75) is 25.3 Å². The Bertz CT molecular complexity index is 743. The first-order valence-corrected chi connectivity index (χ1v) is 7.78. The summed E-state index contributed by atoms with van der Waals surface area (Å²) in [5, 5.41) is 8.15. The number of aromatic nitrogens is 3. The molecule has 7 nitrogen and oxygen atoms in total. The Morgan fingerprint density at radius 1 is 1.26 bits per heavy atom. The van der Waals surface area contributed by atoms with Gasteiger partial charge in [-0.2, -0.15) is 0 Å². The number of carbonyl (C=O) groups is 1. The summed E-state index contributed by atoms with van der Waals surface area (Å²) >= 11 is 0. The van der Waals surface area contributed by atoms with Gasteiger partial charge < -0.3 is 18.9 Å². The summed E-state index contributed by atoms with van der Waals surface area (Å²) in [5.41, 5.74) is 0.614. The van der Waals surface area contributed by atoms with Gasteiger partial charge in [-0.15, -0.1) is 10.2 Å². The van der Waals surface area contributed by atoms with Crippen molar-refractivity contribution >= 4 is 5.91 Å². The second-order valence-electron chi connectivity index (χ2n) is 5.88.